The molecule has 0 radical (unpaired) electrons. The molecule has 0 aromatic heterocycles. The van der Waals surface area contributed by atoms with E-state index in [9.17, 15) is 4.79 Å². The summed E-state index contributed by atoms with van der Waals surface area (Å²) in [6.45, 7) is 3.22. The fraction of sp³-hybridized carbons (Fsp3) is 0.533. The summed E-state index contributed by atoms with van der Waals surface area (Å²) in [6, 6.07) is 8.53. The Morgan fingerprint density at radius 2 is 2.17 bits per heavy atom. The first kappa shape index (κ1) is 13.1. The second-order valence-electron chi connectivity index (χ2n) is 4.99. The summed E-state index contributed by atoms with van der Waals surface area (Å²) < 4.78 is 0. The zero-order chi connectivity index (χ0) is 12.8. The van der Waals surface area contributed by atoms with E-state index < -0.39 is 0 Å². The van der Waals surface area contributed by atoms with Gasteiger partial charge in [0.2, 0.25) is 5.91 Å². The Balaban J connectivity index is 1.82. The summed E-state index contributed by atoms with van der Waals surface area (Å²) in [5, 5.41) is 6.30. The van der Waals surface area contributed by atoms with E-state index in [1.807, 2.05) is 12.1 Å². The second-order valence-corrected chi connectivity index (χ2v) is 4.99. The summed E-state index contributed by atoms with van der Waals surface area (Å²) in [6.07, 6.45) is 5.13. The van der Waals surface area contributed by atoms with Gasteiger partial charge in [-0.25, -0.2) is 0 Å². The lowest BCUT2D eigenvalue weighted by molar-refractivity contribution is -0.116. The molecule has 18 heavy (non-hydrogen) atoms. The van der Waals surface area contributed by atoms with E-state index >= 15 is 0 Å². The third kappa shape index (κ3) is 3.84. The van der Waals surface area contributed by atoms with Crippen molar-refractivity contribution >= 4 is 11.6 Å². The van der Waals surface area contributed by atoms with Gasteiger partial charge in [0.15, 0.2) is 0 Å². The second kappa shape index (κ2) is 6.55. The fourth-order valence-corrected chi connectivity index (χ4v) is 2.41. The third-order valence-corrected chi connectivity index (χ3v) is 3.37. The first-order valence-corrected chi connectivity index (χ1v) is 6.90. The molecule has 1 saturated heterocycles. The highest BCUT2D eigenvalue weighted by Gasteiger charge is 2.17. The van der Waals surface area contributed by atoms with Crippen molar-refractivity contribution in [3.63, 3.8) is 0 Å². The molecule has 1 unspecified atom stereocenters. The Hall–Kier alpha value is -1.35. The summed E-state index contributed by atoms with van der Waals surface area (Å²) >= 11 is 0. The number of aryl methyl sites for hydroxylation is 1. The maximum absolute atomic E-state index is 11.8. The minimum absolute atomic E-state index is 0.109. The van der Waals surface area contributed by atoms with Crippen LogP contribution in [0.1, 0.15) is 38.2 Å². The molecule has 1 aromatic carbocycles. The lowest BCUT2D eigenvalue weighted by Crippen LogP contribution is -2.27. The van der Waals surface area contributed by atoms with Crippen LogP contribution in [0.3, 0.4) is 0 Å². The van der Waals surface area contributed by atoms with E-state index in [1.165, 1.54) is 12.0 Å². The van der Waals surface area contributed by atoms with Crippen LogP contribution in [0.25, 0.3) is 0 Å². The van der Waals surface area contributed by atoms with Crippen LogP contribution in [0.5, 0.6) is 0 Å². The van der Waals surface area contributed by atoms with E-state index in [-0.39, 0.29) is 5.91 Å². The standard InChI is InChI=1S/C15H22N2O/c1-2-4-12-6-8-13(9-7-12)17-15(18)11-14-5-3-10-16-14/h6-9,14,16H,2-5,10-11H2,1H3,(H,17,18). The summed E-state index contributed by atoms with van der Waals surface area (Å²) in [5.74, 6) is 0.109. The molecule has 0 bridgehead atoms. The quantitative estimate of drug-likeness (QED) is 0.838. The van der Waals surface area contributed by atoms with Gasteiger partial charge in [-0.3, -0.25) is 4.79 Å². The highest BCUT2D eigenvalue weighted by molar-refractivity contribution is 5.91. The predicted molar refractivity (Wildman–Crippen MR) is 74.7 cm³/mol. The summed E-state index contributed by atoms with van der Waals surface area (Å²) in [4.78, 5) is 11.8. The van der Waals surface area contributed by atoms with Crippen LogP contribution in [0.15, 0.2) is 24.3 Å². The van der Waals surface area contributed by atoms with Gasteiger partial charge in [0.25, 0.3) is 0 Å². The van der Waals surface area contributed by atoms with Crippen molar-refractivity contribution in [2.75, 3.05) is 11.9 Å². The lowest BCUT2D eigenvalue weighted by Gasteiger charge is -2.10. The molecule has 1 aliphatic heterocycles. The molecule has 1 fully saturated rings. The topological polar surface area (TPSA) is 41.1 Å². The smallest absolute Gasteiger partial charge is 0.225 e. The van der Waals surface area contributed by atoms with E-state index in [1.54, 1.807) is 0 Å². The van der Waals surface area contributed by atoms with Gasteiger partial charge in [0, 0.05) is 18.2 Å². The molecular weight excluding hydrogens is 224 g/mol. The van der Waals surface area contributed by atoms with Crippen LogP contribution >= 0.6 is 0 Å². The van der Waals surface area contributed by atoms with Crippen molar-refractivity contribution in [1.82, 2.24) is 5.32 Å². The largest absolute Gasteiger partial charge is 0.326 e. The molecule has 0 saturated carbocycles. The van der Waals surface area contributed by atoms with Crippen molar-refractivity contribution < 1.29 is 4.79 Å². The zero-order valence-corrected chi connectivity index (χ0v) is 11.0. The number of benzene rings is 1. The Morgan fingerprint density at radius 3 is 2.78 bits per heavy atom. The van der Waals surface area contributed by atoms with E-state index in [0.717, 1.165) is 31.5 Å². The van der Waals surface area contributed by atoms with Crippen LogP contribution in [0, 0.1) is 0 Å². The Morgan fingerprint density at radius 1 is 1.39 bits per heavy atom. The van der Waals surface area contributed by atoms with Crippen LogP contribution in [0.2, 0.25) is 0 Å². The molecular formula is C15H22N2O. The zero-order valence-electron chi connectivity index (χ0n) is 11.0. The third-order valence-electron chi connectivity index (χ3n) is 3.37. The molecule has 1 heterocycles. The number of hydrogen-bond donors (Lipinski definition) is 2. The molecule has 98 valence electrons. The normalized spacial score (nSPS) is 18.8. The van der Waals surface area contributed by atoms with Crippen molar-refractivity contribution in [3.8, 4) is 0 Å². The molecule has 0 aliphatic carbocycles. The van der Waals surface area contributed by atoms with E-state index in [2.05, 4.69) is 29.7 Å². The fourth-order valence-electron chi connectivity index (χ4n) is 2.41. The number of amides is 1. The molecule has 1 aromatic rings. The highest BCUT2D eigenvalue weighted by Crippen LogP contribution is 2.13. The van der Waals surface area contributed by atoms with Crippen LogP contribution in [0.4, 0.5) is 5.69 Å². The van der Waals surface area contributed by atoms with Crippen molar-refractivity contribution in [2.24, 2.45) is 0 Å². The van der Waals surface area contributed by atoms with Crippen molar-refractivity contribution in [2.45, 2.75) is 45.1 Å². The molecule has 2 N–H and O–H groups in total. The molecule has 3 nitrogen and oxygen atoms in total. The van der Waals surface area contributed by atoms with Gasteiger partial charge in [-0.2, -0.15) is 0 Å². The van der Waals surface area contributed by atoms with Gasteiger partial charge in [-0.05, 0) is 43.5 Å². The van der Waals surface area contributed by atoms with Gasteiger partial charge < -0.3 is 10.6 Å². The van der Waals surface area contributed by atoms with Gasteiger partial charge in [0.1, 0.15) is 0 Å². The first-order valence-electron chi connectivity index (χ1n) is 6.90. The molecule has 1 aliphatic rings. The van der Waals surface area contributed by atoms with Crippen molar-refractivity contribution in [3.05, 3.63) is 29.8 Å². The number of hydrogen-bond acceptors (Lipinski definition) is 2. The van der Waals surface area contributed by atoms with Crippen molar-refractivity contribution in [1.29, 1.82) is 0 Å². The Kier molecular flexibility index (Phi) is 4.76. The van der Waals surface area contributed by atoms with Crippen LogP contribution in [-0.4, -0.2) is 18.5 Å². The van der Waals surface area contributed by atoms with Gasteiger partial charge in [0.05, 0.1) is 0 Å². The van der Waals surface area contributed by atoms with Crippen LogP contribution < -0.4 is 10.6 Å². The average molecular weight is 246 g/mol. The molecule has 2 rings (SSSR count). The van der Waals surface area contributed by atoms with Gasteiger partial charge in [-0.1, -0.05) is 25.5 Å². The van der Waals surface area contributed by atoms with Crippen LogP contribution in [-0.2, 0) is 11.2 Å². The minimum Gasteiger partial charge on any atom is -0.326 e. The number of carbonyl (C=O) groups is 1. The predicted octanol–water partition coefficient (Wildman–Crippen LogP) is 2.72. The molecule has 1 amide bonds. The average Bonchev–Trinajstić information content (AvgIpc) is 2.84. The van der Waals surface area contributed by atoms with Gasteiger partial charge >= 0.3 is 0 Å². The molecule has 1 atom stereocenters. The number of anilines is 1. The summed E-state index contributed by atoms with van der Waals surface area (Å²) in [7, 11) is 0. The van der Waals surface area contributed by atoms with Gasteiger partial charge in [-0.15, -0.1) is 0 Å². The monoisotopic (exact) mass is 246 g/mol. The summed E-state index contributed by atoms with van der Waals surface area (Å²) in [5.41, 5.74) is 2.23. The maximum Gasteiger partial charge on any atom is 0.225 e. The maximum atomic E-state index is 11.8. The number of carbonyl (C=O) groups excluding carboxylic acids is 1. The molecule has 3 heteroatoms. The minimum atomic E-state index is 0.109. The Bertz CT molecular complexity index is 380. The highest BCUT2D eigenvalue weighted by atomic mass is 16.1. The van der Waals surface area contributed by atoms with E-state index in [4.69, 9.17) is 0 Å². The number of rotatable bonds is 5. The lowest BCUT2D eigenvalue weighted by atomic mass is 10.1. The van der Waals surface area contributed by atoms with E-state index in [0.29, 0.717) is 12.5 Å². The Labute approximate surface area is 109 Å². The molecule has 0 spiro atoms. The first-order chi connectivity index (χ1) is 8.78. The number of nitrogens with one attached hydrogen (secondary N) is 2. The SMILES string of the molecule is CCCc1ccc(NC(=O)CC2CCCN2)cc1.